The van der Waals surface area contributed by atoms with Crippen molar-refractivity contribution in [1.29, 1.82) is 0 Å². The molecular formula is C17H33N5O2. The first-order valence-electron chi connectivity index (χ1n) is 9.12. The average Bonchev–Trinajstić information content (AvgIpc) is 3.02. The Bertz CT molecular complexity index is 439. The van der Waals surface area contributed by atoms with Gasteiger partial charge in [0, 0.05) is 44.6 Å². The summed E-state index contributed by atoms with van der Waals surface area (Å²) in [6.45, 7) is 10.7. The van der Waals surface area contributed by atoms with Crippen LogP contribution in [0.2, 0.25) is 0 Å². The van der Waals surface area contributed by atoms with Gasteiger partial charge in [-0.05, 0) is 26.7 Å². The number of amides is 2. The highest BCUT2D eigenvalue weighted by atomic mass is 16.2. The highest BCUT2D eigenvalue weighted by Gasteiger charge is 2.25. The lowest BCUT2D eigenvalue weighted by atomic mass is 10.2. The Kier molecular flexibility index (Phi) is 9.19. The van der Waals surface area contributed by atoms with Crippen LogP contribution < -0.4 is 16.0 Å². The minimum atomic E-state index is 0.0320. The second-order valence-electron chi connectivity index (χ2n) is 6.21. The lowest BCUT2D eigenvalue weighted by molar-refractivity contribution is -0.129. The van der Waals surface area contributed by atoms with Crippen LogP contribution >= 0.6 is 0 Å². The fraction of sp³-hybridized carbons (Fsp3) is 0.824. The number of carbonyl (C=O) groups is 2. The molecular weight excluding hydrogens is 306 g/mol. The van der Waals surface area contributed by atoms with Crippen molar-refractivity contribution < 1.29 is 9.59 Å². The smallest absolute Gasteiger partial charge is 0.222 e. The van der Waals surface area contributed by atoms with Crippen LogP contribution in [0.1, 0.15) is 53.4 Å². The molecule has 0 bridgehead atoms. The Morgan fingerprint density at radius 2 is 2.04 bits per heavy atom. The predicted octanol–water partition coefficient (Wildman–Crippen LogP) is 0.857. The van der Waals surface area contributed by atoms with E-state index in [1.807, 2.05) is 32.6 Å². The van der Waals surface area contributed by atoms with Crippen LogP contribution in [0.3, 0.4) is 0 Å². The normalized spacial score (nSPS) is 19.1. The van der Waals surface area contributed by atoms with Gasteiger partial charge in [0.2, 0.25) is 11.8 Å². The van der Waals surface area contributed by atoms with Crippen molar-refractivity contribution in [2.24, 2.45) is 4.99 Å². The average molecular weight is 339 g/mol. The molecule has 1 saturated heterocycles. The van der Waals surface area contributed by atoms with E-state index in [-0.39, 0.29) is 23.9 Å². The summed E-state index contributed by atoms with van der Waals surface area (Å²) < 4.78 is 0. The quantitative estimate of drug-likeness (QED) is 0.452. The molecule has 7 nitrogen and oxygen atoms in total. The van der Waals surface area contributed by atoms with Crippen molar-refractivity contribution in [1.82, 2.24) is 20.9 Å². The zero-order chi connectivity index (χ0) is 17.9. The molecule has 2 unspecified atom stereocenters. The minimum absolute atomic E-state index is 0.0320. The number of rotatable bonds is 8. The van der Waals surface area contributed by atoms with Gasteiger partial charge in [0.05, 0.1) is 6.54 Å². The lowest BCUT2D eigenvalue weighted by Crippen LogP contribution is -2.45. The van der Waals surface area contributed by atoms with E-state index in [4.69, 9.17) is 0 Å². The second kappa shape index (κ2) is 10.9. The fourth-order valence-electron chi connectivity index (χ4n) is 2.56. The van der Waals surface area contributed by atoms with Crippen molar-refractivity contribution in [2.75, 3.05) is 26.2 Å². The monoisotopic (exact) mass is 339 g/mol. The summed E-state index contributed by atoms with van der Waals surface area (Å²) in [6, 6.07) is 0.417. The van der Waals surface area contributed by atoms with E-state index in [0.29, 0.717) is 31.9 Å². The molecule has 24 heavy (non-hydrogen) atoms. The molecule has 0 spiro atoms. The van der Waals surface area contributed by atoms with Gasteiger partial charge in [-0.15, -0.1) is 0 Å². The SMILES string of the molecule is CCNC(=NCCC(=O)NC(C)CC)NC1CCN(C(=O)CC)C1. The number of guanidine groups is 1. The van der Waals surface area contributed by atoms with E-state index in [0.717, 1.165) is 25.9 Å². The Balaban J connectivity index is 2.43. The van der Waals surface area contributed by atoms with Crippen molar-refractivity contribution in [2.45, 2.75) is 65.5 Å². The highest BCUT2D eigenvalue weighted by Crippen LogP contribution is 2.10. The highest BCUT2D eigenvalue weighted by molar-refractivity contribution is 5.81. The number of nitrogens with one attached hydrogen (secondary N) is 3. The summed E-state index contributed by atoms with van der Waals surface area (Å²) in [5, 5.41) is 9.50. The van der Waals surface area contributed by atoms with Gasteiger partial charge < -0.3 is 20.9 Å². The zero-order valence-electron chi connectivity index (χ0n) is 15.5. The molecule has 0 aromatic carbocycles. The minimum Gasteiger partial charge on any atom is -0.357 e. The van der Waals surface area contributed by atoms with E-state index in [1.165, 1.54) is 0 Å². The van der Waals surface area contributed by atoms with E-state index >= 15 is 0 Å². The largest absolute Gasteiger partial charge is 0.357 e. The summed E-state index contributed by atoms with van der Waals surface area (Å²) in [4.78, 5) is 29.9. The number of nitrogens with zero attached hydrogens (tertiary/aromatic N) is 2. The first-order chi connectivity index (χ1) is 11.5. The maximum Gasteiger partial charge on any atom is 0.222 e. The van der Waals surface area contributed by atoms with E-state index in [9.17, 15) is 9.59 Å². The molecule has 0 aromatic heterocycles. The molecule has 2 atom stereocenters. The molecule has 1 rings (SSSR count). The summed E-state index contributed by atoms with van der Waals surface area (Å²) >= 11 is 0. The molecule has 2 amide bonds. The first-order valence-corrected chi connectivity index (χ1v) is 9.12. The maximum absolute atomic E-state index is 11.8. The standard InChI is InChI=1S/C17H33N5O2/c1-5-13(4)20-15(23)8-10-19-17(18-7-3)21-14-9-11-22(12-14)16(24)6-2/h13-14H,5-12H2,1-4H3,(H,20,23)(H2,18,19,21). The Labute approximate surface area is 145 Å². The maximum atomic E-state index is 11.8. The van der Waals surface area contributed by atoms with E-state index in [1.54, 1.807) is 0 Å². The summed E-state index contributed by atoms with van der Waals surface area (Å²) in [6.07, 6.45) is 2.77. The molecule has 0 aliphatic carbocycles. The number of hydrogen-bond acceptors (Lipinski definition) is 3. The lowest BCUT2D eigenvalue weighted by Gasteiger charge is -2.18. The molecule has 0 aromatic rings. The third-order valence-electron chi connectivity index (χ3n) is 4.16. The zero-order valence-corrected chi connectivity index (χ0v) is 15.5. The summed E-state index contributed by atoms with van der Waals surface area (Å²) in [5.74, 6) is 0.942. The second-order valence-corrected chi connectivity index (χ2v) is 6.21. The number of aliphatic imine (C=N–C) groups is 1. The topological polar surface area (TPSA) is 85.8 Å². The molecule has 1 aliphatic heterocycles. The van der Waals surface area contributed by atoms with Crippen LogP contribution in [0, 0.1) is 0 Å². The number of hydrogen-bond donors (Lipinski definition) is 3. The molecule has 3 N–H and O–H groups in total. The first kappa shape index (κ1) is 20.3. The molecule has 0 saturated carbocycles. The Morgan fingerprint density at radius 1 is 1.29 bits per heavy atom. The van der Waals surface area contributed by atoms with E-state index in [2.05, 4.69) is 20.9 Å². The summed E-state index contributed by atoms with van der Waals surface area (Å²) in [5.41, 5.74) is 0. The summed E-state index contributed by atoms with van der Waals surface area (Å²) in [7, 11) is 0. The van der Waals surface area contributed by atoms with Crippen LogP contribution in [-0.2, 0) is 9.59 Å². The van der Waals surface area contributed by atoms with Gasteiger partial charge in [0.1, 0.15) is 0 Å². The third kappa shape index (κ3) is 7.19. The van der Waals surface area contributed by atoms with Gasteiger partial charge in [-0.1, -0.05) is 13.8 Å². The van der Waals surface area contributed by atoms with Crippen LogP contribution in [0.5, 0.6) is 0 Å². The third-order valence-corrected chi connectivity index (χ3v) is 4.16. The molecule has 1 fully saturated rings. The van der Waals surface area contributed by atoms with Gasteiger partial charge in [-0.25, -0.2) is 0 Å². The van der Waals surface area contributed by atoms with Gasteiger partial charge >= 0.3 is 0 Å². The van der Waals surface area contributed by atoms with Gasteiger partial charge in [0.15, 0.2) is 5.96 Å². The van der Waals surface area contributed by atoms with Crippen molar-refractivity contribution >= 4 is 17.8 Å². The number of likely N-dealkylation sites (tertiary alicyclic amines) is 1. The predicted molar refractivity (Wildman–Crippen MR) is 96.9 cm³/mol. The van der Waals surface area contributed by atoms with Gasteiger partial charge in [0.25, 0.3) is 0 Å². The van der Waals surface area contributed by atoms with Crippen LogP contribution in [0.15, 0.2) is 4.99 Å². The molecule has 1 heterocycles. The molecule has 0 radical (unpaired) electrons. The van der Waals surface area contributed by atoms with Crippen molar-refractivity contribution in [3.8, 4) is 0 Å². The van der Waals surface area contributed by atoms with Crippen LogP contribution in [0.4, 0.5) is 0 Å². The van der Waals surface area contributed by atoms with Crippen molar-refractivity contribution in [3.63, 3.8) is 0 Å². The Hall–Kier alpha value is -1.79. The molecule has 138 valence electrons. The van der Waals surface area contributed by atoms with Gasteiger partial charge in [-0.2, -0.15) is 0 Å². The molecule has 7 heteroatoms. The fourth-order valence-corrected chi connectivity index (χ4v) is 2.56. The Morgan fingerprint density at radius 3 is 2.67 bits per heavy atom. The van der Waals surface area contributed by atoms with Crippen molar-refractivity contribution in [3.05, 3.63) is 0 Å². The van der Waals surface area contributed by atoms with E-state index < -0.39 is 0 Å². The van der Waals surface area contributed by atoms with Crippen LogP contribution in [-0.4, -0.2) is 60.9 Å². The van der Waals surface area contributed by atoms with Crippen LogP contribution in [0.25, 0.3) is 0 Å². The van der Waals surface area contributed by atoms with Gasteiger partial charge in [-0.3, -0.25) is 14.6 Å². The number of carbonyl (C=O) groups excluding carboxylic acids is 2. The molecule has 1 aliphatic rings.